The second-order valence-electron chi connectivity index (χ2n) is 7.22. The normalized spacial score (nSPS) is 11.5. The van der Waals surface area contributed by atoms with E-state index in [0.717, 1.165) is 10.4 Å². The average Bonchev–Trinajstić information content (AvgIpc) is 3.14. The lowest BCUT2D eigenvalue weighted by molar-refractivity contribution is 0.0939. The van der Waals surface area contributed by atoms with Gasteiger partial charge in [-0.15, -0.1) is 0 Å². The topological polar surface area (TPSA) is 84.3 Å². The minimum Gasteiger partial charge on any atom is -0.350 e. The Bertz CT molecular complexity index is 1190. The lowest BCUT2D eigenvalue weighted by Crippen LogP contribution is -2.33. The average molecular weight is 465 g/mol. The molecule has 1 amide bonds. The van der Waals surface area contributed by atoms with Gasteiger partial charge in [0.2, 0.25) is 0 Å². The van der Waals surface area contributed by atoms with Gasteiger partial charge >= 0.3 is 0 Å². The molecule has 2 aromatic carbocycles. The van der Waals surface area contributed by atoms with Crippen LogP contribution >= 0.6 is 11.6 Å². The standard InChI is InChI=1S/C21H22ClFN4O3S/c1-14(2)25-21(28)18-12-17(8-9-19(18)23)27(13-15-4-6-16(22)7-5-15)31(29,30)20-10-11-24-26(20)3/h4-12,14H,13H2,1-3H3,(H,25,28). The molecule has 0 radical (unpaired) electrons. The molecule has 10 heteroatoms. The lowest BCUT2D eigenvalue weighted by atomic mass is 10.1. The number of carbonyl (C=O) groups is 1. The number of carbonyl (C=O) groups excluding carboxylic acids is 1. The molecule has 3 aromatic rings. The molecule has 1 heterocycles. The van der Waals surface area contributed by atoms with Gasteiger partial charge in [-0.2, -0.15) is 13.5 Å². The second-order valence-corrected chi connectivity index (χ2v) is 9.47. The lowest BCUT2D eigenvalue weighted by Gasteiger charge is -2.25. The summed E-state index contributed by atoms with van der Waals surface area (Å²) in [5, 5.41) is 7.03. The van der Waals surface area contributed by atoms with Crippen molar-refractivity contribution in [1.29, 1.82) is 0 Å². The third-order valence-electron chi connectivity index (χ3n) is 4.47. The molecule has 0 aliphatic heterocycles. The number of amides is 1. The van der Waals surface area contributed by atoms with Crippen LogP contribution < -0.4 is 9.62 Å². The van der Waals surface area contributed by atoms with Crippen molar-refractivity contribution in [1.82, 2.24) is 15.1 Å². The third-order valence-corrected chi connectivity index (χ3v) is 6.57. The highest BCUT2D eigenvalue weighted by atomic mass is 35.5. The van der Waals surface area contributed by atoms with E-state index in [1.807, 2.05) is 0 Å². The van der Waals surface area contributed by atoms with Crippen LogP contribution in [0.4, 0.5) is 10.1 Å². The molecule has 0 unspecified atom stereocenters. The molecule has 1 N–H and O–H groups in total. The van der Waals surface area contributed by atoms with Crippen molar-refractivity contribution >= 4 is 33.2 Å². The molecule has 0 fully saturated rings. The van der Waals surface area contributed by atoms with Crippen molar-refractivity contribution in [3.05, 3.63) is 76.7 Å². The molecule has 1 aromatic heterocycles. The summed E-state index contributed by atoms with van der Waals surface area (Å²) in [5.41, 5.74) is 0.562. The fraction of sp³-hybridized carbons (Fsp3) is 0.238. The fourth-order valence-electron chi connectivity index (χ4n) is 2.98. The number of hydrogen-bond donors (Lipinski definition) is 1. The SMILES string of the molecule is CC(C)NC(=O)c1cc(N(Cc2ccc(Cl)cc2)S(=O)(=O)c2ccnn2C)ccc1F. The van der Waals surface area contributed by atoms with Crippen molar-refractivity contribution in [2.45, 2.75) is 31.5 Å². The van der Waals surface area contributed by atoms with Crippen LogP contribution in [0.15, 0.2) is 59.8 Å². The Morgan fingerprint density at radius 1 is 1.19 bits per heavy atom. The fourth-order valence-corrected chi connectivity index (χ4v) is 4.66. The summed E-state index contributed by atoms with van der Waals surface area (Å²) in [6, 6.07) is 11.5. The Labute approximate surface area is 185 Å². The summed E-state index contributed by atoms with van der Waals surface area (Å²) in [5.74, 6) is -1.37. The van der Waals surface area contributed by atoms with Gasteiger partial charge in [0.25, 0.3) is 15.9 Å². The summed E-state index contributed by atoms with van der Waals surface area (Å²) >= 11 is 5.94. The van der Waals surface area contributed by atoms with Crippen LogP contribution in [0.5, 0.6) is 0 Å². The third kappa shape index (κ3) is 5.05. The van der Waals surface area contributed by atoms with E-state index in [4.69, 9.17) is 11.6 Å². The summed E-state index contributed by atoms with van der Waals surface area (Å²) in [6.07, 6.45) is 1.37. The molecule has 0 saturated heterocycles. The maximum atomic E-state index is 14.4. The predicted octanol–water partition coefficient (Wildman–Crippen LogP) is 3.75. The highest BCUT2D eigenvalue weighted by Crippen LogP contribution is 2.28. The molecule has 31 heavy (non-hydrogen) atoms. The van der Waals surface area contributed by atoms with E-state index in [1.165, 1.54) is 36.1 Å². The first-order valence-corrected chi connectivity index (χ1v) is 11.3. The molecular formula is C21H22ClFN4O3S. The number of hydrogen-bond acceptors (Lipinski definition) is 4. The van der Waals surface area contributed by atoms with E-state index in [-0.39, 0.29) is 28.9 Å². The van der Waals surface area contributed by atoms with Crippen LogP contribution in [-0.2, 0) is 23.6 Å². The van der Waals surface area contributed by atoms with Gasteiger partial charge in [-0.1, -0.05) is 23.7 Å². The molecule has 164 valence electrons. The molecule has 0 saturated carbocycles. The van der Waals surface area contributed by atoms with Gasteiger partial charge in [0.05, 0.1) is 24.0 Å². The number of rotatable bonds is 7. The first kappa shape index (κ1) is 22.8. The van der Waals surface area contributed by atoms with Crippen molar-refractivity contribution in [2.24, 2.45) is 7.05 Å². The van der Waals surface area contributed by atoms with Gasteiger partial charge in [-0.05, 0) is 55.8 Å². The number of nitrogens with zero attached hydrogens (tertiary/aromatic N) is 3. The molecule has 0 aliphatic carbocycles. The molecule has 0 atom stereocenters. The minimum absolute atomic E-state index is 0.0426. The van der Waals surface area contributed by atoms with Crippen LogP contribution in [0.1, 0.15) is 29.8 Å². The number of nitrogens with one attached hydrogen (secondary N) is 1. The van der Waals surface area contributed by atoms with Crippen molar-refractivity contribution < 1.29 is 17.6 Å². The van der Waals surface area contributed by atoms with Crippen molar-refractivity contribution in [2.75, 3.05) is 4.31 Å². The predicted molar refractivity (Wildman–Crippen MR) is 117 cm³/mol. The quantitative estimate of drug-likeness (QED) is 0.577. The molecule has 0 aliphatic rings. The molecule has 3 rings (SSSR count). The number of anilines is 1. The first-order chi connectivity index (χ1) is 14.6. The summed E-state index contributed by atoms with van der Waals surface area (Å²) < 4.78 is 43.7. The Morgan fingerprint density at radius 2 is 1.87 bits per heavy atom. The Morgan fingerprint density at radius 3 is 2.45 bits per heavy atom. The Balaban J connectivity index is 2.11. The highest BCUT2D eigenvalue weighted by Gasteiger charge is 2.29. The zero-order valence-corrected chi connectivity index (χ0v) is 18.8. The van der Waals surface area contributed by atoms with Gasteiger partial charge in [-0.3, -0.25) is 13.8 Å². The number of aryl methyl sites for hydroxylation is 1. The van der Waals surface area contributed by atoms with E-state index < -0.39 is 21.7 Å². The van der Waals surface area contributed by atoms with E-state index in [0.29, 0.717) is 10.6 Å². The molecular weight excluding hydrogens is 443 g/mol. The van der Waals surface area contributed by atoms with Gasteiger partial charge in [-0.25, -0.2) is 4.39 Å². The van der Waals surface area contributed by atoms with E-state index >= 15 is 0 Å². The van der Waals surface area contributed by atoms with Crippen LogP contribution in [0, 0.1) is 5.82 Å². The minimum atomic E-state index is -4.08. The van der Waals surface area contributed by atoms with Crippen LogP contribution in [-0.4, -0.2) is 30.1 Å². The van der Waals surface area contributed by atoms with E-state index in [2.05, 4.69) is 10.4 Å². The van der Waals surface area contributed by atoms with Crippen LogP contribution in [0.2, 0.25) is 5.02 Å². The van der Waals surface area contributed by atoms with E-state index in [9.17, 15) is 17.6 Å². The highest BCUT2D eigenvalue weighted by molar-refractivity contribution is 7.92. The van der Waals surface area contributed by atoms with Crippen LogP contribution in [0.25, 0.3) is 0 Å². The monoisotopic (exact) mass is 464 g/mol. The Kier molecular flexibility index (Phi) is 6.66. The maximum Gasteiger partial charge on any atom is 0.281 e. The van der Waals surface area contributed by atoms with Gasteiger partial charge in [0, 0.05) is 18.1 Å². The number of sulfonamides is 1. The molecule has 0 bridgehead atoms. The molecule has 7 nitrogen and oxygen atoms in total. The van der Waals surface area contributed by atoms with Gasteiger partial charge in [0.15, 0.2) is 5.03 Å². The van der Waals surface area contributed by atoms with E-state index in [1.54, 1.807) is 38.1 Å². The largest absolute Gasteiger partial charge is 0.350 e. The maximum absolute atomic E-state index is 14.4. The van der Waals surface area contributed by atoms with Crippen LogP contribution in [0.3, 0.4) is 0 Å². The van der Waals surface area contributed by atoms with Gasteiger partial charge < -0.3 is 5.32 Å². The second kappa shape index (κ2) is 9.07. The molecule has 0 spiro atoms. The zero-order valence-electron chi connectivity index (χ0n) is 17.2. The smallest absolute Gasteiger partial charge is 0.281 e. The number of benzene rings is 2. The van der Waals surface area contributed by atoms with Gasteiger partial charge in [0.1, 0.15) is 5.82 Å². The number of halogens is 2. The summed E-state index contributed by atoms with van der Waals surface area (Å²) in [4.78, 5) is 12.4. The van der Waals surface area contributed by atoms with Crippen molar-refractivity contribution in [3.63, 3.8) is 0 Å². The zero-order chi connectivity index (χ0) is 22.8. The summed E-state index contributed by atoms with van der Waals surface area (Å²) in [7, 11) is -2.57. The first-order valence-electron chi connectivity index (χ1n) is 9.45. The summed E-state index contributed by atoms with van der Waals surface area (Å²) in [6.45, 7) is 3.44. The Hall–Kier alpha value is -2.91. The number of aromatic nitrogens is 2. The van der Waals surface area contributed by atoms with Crippen molar-refractivity contribution in [3.8, 4) is 0 Å².